The van der Waals surface area contributed by atoms with Gasteiger partial charge in [0.1, 0.15) is 0 Å². The number of nitrogens with zero attached hydrogens (tertiary/aromatic N) is 1. The van der Waals surface area contributed by atoms with Gasteiger partial charge in [0.25, 0.3) is 0 Å². The highest BCUT2D eigenvalue weighted by atomic mass is 79.9. The van der Waals surface area contributed by atoms with Gasteiger partial charge in [-0.25, -0.2) is 4.79 Å². The van der Waals surface area contributed by atoms with Crippen LogP contribution in [-0.4, -0.2) is 16.1 Å². The summed E-state index contributed by atoms with van der Waals surface area (Å²) in [4.78, 5) is 16.1. The van der Waals surface area contributed by atoms with Crippen LogP contribution in [0.5, 0.6) is 0 Å². The number of rotatable bonds is 2. The summed E-state index contributed by atoms with van der Waals surface area (Å²) >= 11 is 3.37. The van der Waals surface area contributed by atoms with E-state index in [0.29, 0.717) is 10.9 Å². The molecule has 18 heavy (non-hydrogen) atoms. The minimum absolute atomic E-state index is 0.205. The van der Waals surface area contributed by atoms with E-state index < -0.39 is 5.97 Å². The molecule has 0 aliphatic carbocycles. The molecule has 1 aromatic heterocycles. The summed E-state index contributed by atoms with van der Waals surface area (Å²) in [5.41, 5.74) is 2.68. The zero-order chi connectivity index (χ0) is 13.4. The van der Waals surface area contributed by atoms with E-state index in [2.05, 4.69) is 20.9 Å². The van der Waals surface area contributed by atoms with Gasteiger partial charge in [-0.1, -0.05) is 29.8 Å². The molecule has 2 rings (SSSR count). The highest BCUT2D eigenvalue weighted by Crippen LogP contribution is 2.29. The smallest absolute Gasteiger partial charge is 0.336 e. The van der Waals surface area contributed by atoms with Gasteiger partial charge >= 0.3 is 5.97 Å². The molecule has 0 spiro atoms. The van der Waals surface area contributed by atoms with Crippen molar-refractivity contribution < 1.29 is 9.90 Å². The molecule has 0 aliphatic heterocycles. The number of hydrogen-bond donors (Lipinski definition) is 1. The summed E-state index contributed by atoms with van der Waals surface area (Å²) < 4.78 is 0.857. The first kappa shape index (κ1) is 13.0. The fraction of sp³-hybridized carbons (Fsp3) is 0.286. The number of halogens is 1. The van der Waals surface area contributed by atoms with Crippen molar-refractivity contribution in [2.45, 2.75) is 26.7 Å². The van der Waals surface area contributed by atoms with Crippen LogP contribution in [0.4, 0.5) is 0 Å². The molecule has 0 aliphatic rings. The minimum Gasteiger partial charge on any atom is -0.478 e. The average Bonchev–Trinajstić information content (AvgIpc) is 2.26. The molecule has 94 valence electrons. The number of aromatic nitrogens is 1. The van der Waals surface area contributed by atoms with Gasteiger partial charge in [-0.15, -0.1) is 0 Å². The van der Waals surface area contributed by atoms with E-state index in [1.165, 1.54) is 0 Å². The second kappa shape index (κ2) is 4.69. The first-order chi connectivity index (χ1) is 8.41. The molecule has 0 radical (unpaired) electrons. The maximum absolute atomic E-state index is 11.5. The van der Waals surface area contributed by atoms with Crippen LogP contribution in [0.1, 0.15) is 41.4 Å². The van der Waals surface area contributed by atoms with Crippen LogP contribution in [0.2, 0.25) is 0 Å². The van der Waals surface area contributed by atoms with Gasteiger partial charge in [0, 0.05) is 15.6 Å². The van der Waals surface area contributed by atoms with Gasteiger partial charge in [0.2, 0.25) is 0 Å². The highest BCUT2D eigenvalue weighted by molar-refractivity contribution is 9.10. The first-order valence-electron chi connectivity index (χ1n) is 5.75. The summed E-state index contributed by atoms with van der Waals surface area (Å²) in [6.45, 7) is 5.86. The summed E-state index contributed by atoms with van der Waals surface area (Å²) in [5.74, 6) is -0.698. The van der Waals surface area contributed by atoms with Crippen LogP contribution >= 0.6 is 15.9 Å². The van der Waals surface area contributed by atoms with E-state index in [1.807, 2.05) is 39.0 Å². The van der Waals surface area contributed by atoms with Crippen molar-refractivity contribution >= 4 is 32.8 Å². The summed E-state index contributed by atoms with van der Waals surface area (Å²) in [6, 6.07) is 5.53. The van der Waals surface area contributed by atoms with Crippen molar-refractivity contribution in [3.05, 3.63) is 39.5 Å². The number of benzene rings is 1. The highest BCUT2D eigenvalue weighted by Gasteiger charge is 2.18. The molecule has 0 fully saturated rings. The Hall–Kier alpha value is -1.42. The van der Waals surface area contributed by atoms with Crippen LogP contribution in [0.3, 0.4) is 0 Å². The quantitative estimate of drug-likeness (QED) is 0.907. The number of carbonyl (C=O) groups is 1. The van der Waals surface area contributed by atoms with Gasteiger partial charge in [0.15, 0.2) is 0 Å². The largest absolute Gasteiger partial charge is 0.478 e. The van der Waals surface area contributed by atoms with Crippen molar-refractivity contribution in [3.63, 3.8) is 0 Å². The molecule has 1 aromatic carbocycles. The fourth-order valence-electron chi connectivity index (χ4n) is 2.19. The van der Waals surface area contributed by atoms with Gasteiger partial charge in [0.05, 0.1) is 11.1 Å². The van der Waals surface area contributed by atoms with Gasteiger partial charge in [-0.3, -0.25) is 4.98 Å². The van der Waals surface area contributed by atoms with E-state index in [1.54, 1.807) is 0 Å². The zero-order valence-electron chi connectivity index (χ0n) is 10.5. The number of pyridine rings is 1. The van der Waals surface area contributed by atoms with Crippen molar-refractivity contribution in [2.75, 3.05) is 0 Å². The Balaban J connectivity index is 2.92. The zero-order valence-corrected chi connectivity index (χ0v) is 12.1. The second-order valence-electron chi connectivity index (χ2n) is 4.62. The van der Waals surface area contributed by atoms with Crippen LogP contribution in [0.15, 0.2) is 22.7 Å². The van der Waals surface area contributed by atoms with Crippen LogP contribution in [0, 0.1) is 6.92 Å². The van der Waals surface area contributed by atoms with Crippen molar-refractivity contribution in [1.82, 2.24) is 4.98 Å². The molecule has 0 amide bonds. The third kappa shape index (κ3) is 2.12. The molecule has 0 unspecified atom stereocenters. The lowest BCUT2D eigenvalue weighted by molar-refractivity contribution is 0.0698. The predicted octanol–water partition coefficient (Wildman–Crippen LogP) is 4.13. The summed E-state index contributed by atoms with van der Waals surface area (Å²) in [5, 5.41) is 10.1. The summed E-state index contributed by atoms with van der Waals surface area (Å²) in [6.07, 6.45) is 0. The minimum atomic E-state index is -0.903. The first-order valence-corrected chi connectivity index (χ1v) is 6.54. The lowest BCUT2D eigenvalue weighted by Crippen LogP contribution is -2.07. The molecule has 1 heterocycles. The van der Waals surface area contributed by atoms with E-state index in [-0.39, 0.29) is 5.92 Å². The Bertz CT molecular complexity index is 635. The lowest BCUT2D eigenvalue weighted by Gasteiger charge is -2.14. The molecule has 0 saturated carbocycles. The Kier molecular flexibility index (Phi) is 3.39. The normalized spacial score (nSPS) is 11.2. The van der Waals surface area contributed by atoms with Gasteiger partial charge in [-0.2, -0.15) is 0 Å². The molecule has 4 heteroatoms. The molecular weight excluding hydrogens is 294 g/mol. The molecule has 0 atom stereocenters. The molecule has 3 nitrogen and oxygen atoms in total. The number of aromatic carboxylic acids is 1. The maximum Gasteiger partial charge on any atom is 0.336 e. The molecular formula is C14H14BrNO2. The molecule has 0 bridgehead atoms. The number of hydrogen-bond acceptors (Lipinski definition) is 2. The van der Waals surface area contributed by atoms with Gasteiger partial charge in [-0.05, 0) is 36.6 Å². The Labute approximate surface area is 114 Å². The third-order valence-electron chi connectivity index (χ3n) is 2.99. The third-order valence-corrected chi connectivity index (χ3v) is 3.48. The van der Waals surface area contributed by atoms with Crippen LogP contribution in [-0.2, 0) is 0 Å². The topological polar surface area (TPSA) is 50.2 Å². The monoisotopic (exact) mass is 307 g/mol. The van der Waals surface area contributed by atoms with Crippen molar-refractivity contribution in [2.24, 2.45) is 0 Å². The summed E-state index contributed by atoms with van der Waals surface area (Å²) in [7, 11) is 0. The Morgan fingerprint density at radius 2 is 2.06 bits per heavy atom. The number of carboxylic acid groups (broad SMARTS) is 1. The predicted molar refractivity (Wildman–Crippen MR) is 75.2 cm³/mol. The standard InChI is InChI=1S/C14H14BrNO2/c1-7(2)13-8(3)12(14(17)18)10-6-9(15)4-5-11(10)16-13/h4-7H,1-3H3,(H,17,18). The Morgan fingerprint density at radius 3 is 2.61 bits per heavy atom. The SMILES string of the molecule is Cc1c(C(C)C)nc2ccc(Br)cc2c1C(=O)O. The maximum atomic E-state index is 11.5. The fourth-order valence-corrected chi connectivity index (χ4v) is 2.55. The molecule has 1 N–H and O–H groups in total. The van der Waals surface area contributed by atoms with Gasteiger partial charge < -0.3 is 5.11 Å². The van der Waals surface area contributed by atoms with Crippen LogP contribution < -0.4 is 0 Å². The number of carboxylic acids is 1. The van der Waals surface area contributed by atoms with Crippen molar-refractivity contribution in [3.8, 4) is 0 Å². The second-order valence-corrected chi connectivity index (χ2v) is 5.53. The van der Waals surface area contributed by atoms with E-state index in [0.717, 1.165) is 21.2 Å². The van der Waals surface area contributed by atoms with Crippen molar-refractivity contribution in [1.29, 1.82) is 0 Å². The van der Waals surface area contributed by atoms with Crippen LogP contribution in [0.25, 0.3) is 10.9 Å². The van der Waals surface area contributed by atoms with E-state index in [9.17, 15) is 9.90 Å². The lowest BCUT2D eigenvalue weighted by atomic mass is 9.96. The molecule has 2 aromatic rings. The number of fused-ring (bicyclic) bond motifs is 1. The molecule has 0 saturated heterocycles. The van der Waals surface area contributed by atoms with E-state index >= 15 is 0 Å². The van der Waals surface area contributed by atoms with E-state index in [4.69, 9.17) is 0 Å². The Morgan fingerprint density at radius 1 is 1.39 bits per heavy atom. The average molecular weight is 308 g/mol.